The van der Waals surface area contributed by atoms with E-state index in [1.165, 1.54) is 0 Å². The number of nitrogen functional groups attached to an aromatic ring is 1. The van der Waals surface area contributed by atoms with Gasteiger partial charge in [0.25, 0.3) is 0 Å². The lowest BCUT2D eigenvalue weighted by Crippen LogP contribution is -2.32. The second-order valence-corrected chi connectivity index (χ2v) is 7.76. The van der Waals surface area contributed by atoms with E-state index in [1.807, 2.05) is 32.2 Å². The summed E-state index contributed by atoms with van der Waals surface area (Å²) in [5.41, 5.74) is 8.40. The van der Waals surface area contributed by atoms with E-state index in [0.29, 0.717) is 18.7 Å². The zero-order chi connectivity index (χ0) is 14.9. The predicted molar refractivity (Wildman–Crippen MR) is 80.7 cm³/mol. The molecule has 1 atom stereocenters. The first-order chi connectivity index (χ1) is 9.28. The van der Waals surface area contributed by atoms with Gasteiger partial charge in [0.2, 0.25) is 0 Å². The average Bonchev–Trinajstić information content (AvgIpc) is 2.72. The fraction of sp³-hybridized carbons (Fsp3) is 0.500. The van der Waals surface area contributed by atoms with E-state index in [2.05, 4.69) is 4.90 Å². The number of hydrogen-bond donors (Lipinski definition) is 2. The van der Waals surface area contributed by atoms with E-state index in [0.717, 1.165) is 16.7 Å². The van der Waals surface area contributed by atoms with Crippen LogP contribution in [0.4, 0.5) is 0 Å². The molecule has 1 heterocycles. The van der Waals surface area contributed by atoms with Crippen LogP contribution in [-0.2, 0) is 16.4 Å². The molecule has 20 heavy (non-hydrogen) atoms. The quantitative estimate of drug-likeness (QED) is 0.638. The van der Waals surface area contributed by atoms with Gasteiger partial charge in [-0.05, 0) is 37.6 Å². The Kier molecular flexibility index (Phi) is 4.15. The van der Waals surface area contributed by atoms with Gasteiger partial charge in [0.1, 0.15) is 5.84 Å². The van der Waals surface area contributed by atoms with E-state index >= 15 is 0 Å². The molecule has 1 aliphatic heterocycles. The number of nitrogens with one attached hydrogen (secondary N) is 1. The Morgan fingerprint density at radius 3 is 2.70 bits per heavy atom. The number of benzene rings is 1. The summed E-state index contributed by atoms with van der Waals surface area (Å²) in [6.07, 6.45) is 0.712. The van der Waals surface area contributed by atoms with Crippen molar-refractivity contribution in [3.05, 3.63) is 34.9 Å². The van der Waals surface area contributed by atoms with Crippen molar-refractivity contribution < 1.29 is 8.42 Å². The minimum absolute atomic E-state index is 0.0647. The van der Waals surface area contributed by atoms with Gasteiger partial charge in [0.05, 0.1) is 11.5 Å². The number of nitrogens with two attached hydrogens (primary N) is 1. The molecule has 0 saturated carbocycles. The number of rotatable bonds is 4. The van der Waals surface area contributed by atoms with Crippen LogP contribution in [-0.4, -0.2) is 43.7 Å². The third-order valence-corrected chi connectivity index (χ3v) is 5.66. The molecule has 3 N–H and O–H groups in total. The number of amidine groups is 1. The highest BCUT2D eigenvalue weighted by atomic mass is 32.2. The molecule has 0 radical (unpaired) electrons. The lowest BCUT2D eigenvalue weighted by Gasteiger charge is -2.24. The lowest BCUT2D eigenvalue weighted by atomic mass is 10.0. The molecule has 2 rings (SSSR count). The van der Waals surface area contributed by atoms with Gasteiger partial charge in [0, 0.05) is 18.2 Å². The fourth-order valence-electron chi connectivity index (χ4n) is 2.56. The maximum atomic E-state index is 11.5. The summed E-state index contributed by atoms with van der Waals surface area (Å²) in [6, 6.07) is 5.80. The number of hydrogen-bond acceptors (Lipinski definition) is 4. The van der Waals surface area contributed by atoms with Gasteiger partial charge in [-0.25, -0.2) is 8.42 Å². The Labute approximate surface area is 120 Å². The van der Waals surface area contributed by atoms with Gasteiger partial charge in [0.15, 0.2) is 9.84 Å². The van der Waals surface area contributed by atoms with Crippen molar-refractivity contribution in [2.24, 2.45) is 5.73 Å². The van der Waals surface area contributed by atoms with Crippen molar-refractivity contribution in [2.45, 2.75) is 25.9 Å². The van der Waals surface area contributed by atoms with E-state index < -0.39 is 9.84 Å². The van der Waals surface area contributed by atoms with E-state index in [9.17, 15) is 8.42 Å². The van der Waals surface area contributed by atoms with E-state index in [-0.39, 0.29) is 17.6 Å². The van der Waals surface area contributed by atoms with Crippen molar-refractivity contribution in [1.82, 2.24) is 4.90 Å². The summed E-state index contributed by atoms with van der Waals surface area (Å²) < 4.78 is 23.0. The van der Waals surface area contributed by atoms with Gasteiger partial charge >= 0.3 is 0 Å². The van der Waals surface area contributed by atoms with Gasteiger partial charge in [-0.3, -0.25) is 10.3 Å². The molecule has 1 aromatic rings. The summed E-state index contributed by atoms with van der Waals surface area (Å²) in [5.74, 6) is 0.619. The number of aryl methyl sites for hydroxylation is 1. The molecule has 0 amide bonds. The zero-order valence-electron chi connectivity index (χ0n) is 11.9. The maximum Gasteiger partial charge on any atom is 0.151 e. The maximum absolute atomic E-state index is 11.5. The summed E-state index contributed by atoms with van der Waals surface area (Å²) in [4.78, 5) is 2.10. The second-order valence-electron chi connectivity index (χ2n) is 5.53. The smallest absolute Gasteiger partial charge is 0.151 e. The van der Waals surface area contributed by atoms with Crippen LogP contribution in [0, 0.1) is 12.3 Å². The molecule has 1 unspecified atom stereocenters. The van der Waals surface area contributed by atoms with Gasteiger partial charge in [-0.2, -0.15) is 0 Å². The molecule has 6 heteroatoms. The Morgan fingerprint density at radius 1 is 1.50 bits per heavy atom. The first-order valence-electron chi connectivity index (χ1n) is 6.63. The highest BCUT2D eigenvalue weighted by Gasteiger charge is 2.30. The first kappa shape index (κ1) is 15.0. The normalized spacial score (nSPS) is 21.2. The minimum atomic E-state index is -2.85. The third kappa shape index (κ3) is 3.37. The summed E-state index contributed by atoms with van der Waals surface area (Å²) >= 11 is 0. The highest BCUT2D eigenvalue weighted by Crippen LogP contribution is 2.20. The molecule has 1 fully saturated rings. The first-order valence-corrected chi connectivity index (χ1v) is 8.45. The van der Waals surface area contributed by atoms with Crippen LogP contribution in [0.15, 0.2) is 18.2 Å². The molecule has 0 spiro atoms. The summed E-state index contributed by atoms with van der Waals surface area (Å²) in [6.45, 7) is 2.70. The van der Waals surface area contributed by atoms with Gasteiger partial charge in [-0.1, -0.05) is 12.1 Å². The molecule has 0 aliphatic carbocycles. The Bertz CT molecular complexity index is 625. The van der Waals surface area contributed by atoms with Crippen LogP contribution >= 0.6 is 0 Å². The SMILES string of the molecule is Cc1cc(C(=N)N)ccc1CN(C)C1CCS(=O)(=O)C1. The molecule has 5 nitrogen and oxygen atoms in total. The average molecular weight is 295 g/mol. The van der Waals surface area contributed by atoms with Gasteiger partial charge in [-0.15, -0.1) is 0 Å². The standard InChI is InChI=1S/C14H21N3O2S/c1-10-7-11(14(15)16)3-4-12(10)8-17(2)13-5-6-20(18,19)9-13/h3-4,7,13H,5-6,8-9H2,1-2H3,(H3,15,16). The molecule has 1 aromatic carbocycles. The van der Waals surface area contributed by atoms with Crippen LogP contribution in [0.2, 0.25) is 0 Å². The number of sulfone groups is 1. The second kappa shape index (κ2) is 5.54. The molecule has 0 aromatic heterocycles. The van der Waals surface area contributed by atoms with Crippen molar-refractivity contribution in [2.75, 3.05) is 18.6 Å². The molecular weight excluding hydrogens is 274 g/mol. The van der Waals surface area contributed by atoms with E-state index in [1.54, 1.807) is 0 Å². The molecule has 0 bridgehead atoms. The van der Waals surface area contributed by atoms with Crippen molar-refractivity contribution in [3.63, 3.8) is 0 Å². The van der Waals surface area contributed by atoms with Gasteiger partial charge < -0.3 is 5.73 Å². The van der Waals surface area contributed by atoms with Crippen molar-refractivity contribution in [1.29, 1.82) is 5.41 Å². The van der Waals surface area contributed by atoms with Crippen LogP contribution in [0.1, 0.15) is 23.1 Å². The molecule has 1 saturated heterocycles. The predicted octanol–water partition coefficient (Wildman–Crippen LogP) is 0.898. The zero-order valence-corrected chi connectivity index (χ0v) is 12.7. The van der Waals surface area contributed by atoms with Crippen LogP contribution in [0.3, 0.4) is 0 Å². The Balaban J connectivity index is 2.08. The molecule has 110 valence electrons. The highest BCUT2D eigenvalue weighted by molar-refractivity contribution is 7.91. The Hall–Kier alpha value is -1.40. The van der Waals surface area contributed by atoms with Crippen LogP contribution in [0.25, 0.3) is 0 Å². The third-order valence-electron chi connectivity index (χ3n) is 3.91. The minimum Gasteiger partial charge on any atom is -0.384 e. The Morgan fingerprint density at radius 2 is 2.20 bits per heavy atom. The molecular formula is C14H21N3O2S. The fourth-order valence-corrected chi connectivity index (χ4v) is 4.37. The summed E-state index contributed by atoms with van der Waals surface area (Å²) in [5, 5.41) is 7.42. The van der Waals surface area contributed by atoms with Crippen LogP contribution < -0.4 is 5.73 Å². The van der Waals surface area contributed by atoms with E-state index in [4.69, 9.17) is 11.1 Å². The largest absolute Gasteiger partial charge is 0.384 e. The molecule has 1 aliphatic rings. The topological polar surface area (TPSA) is 87.2 Å². The summed E-state index contributed by atoms with van der Waals surface area (Å²) in [7, 11) is -0.885. The monoisotopic (exact) mass is 295 g/mol. The number of nitrogens with zero attached hydrogens (tertiary/aromatic N) is 1. The van der Waals surface area contributed by atoms with Crippen molar-refractivity contribution in [3.8, 4) is 0 Å². The van der Waals surface area contributed by atoms with Crippen molar-refractivity contribution >= 4 is 15.7 Å². The lowest BCUT2D eigenvalue weighted by molar-refractivity contribution is 0.253. The van der Waals surface area contributed by atoms with Crippen LogP contribution in [0.5, 0.6) is 0 Å².